The number of benzene rings is 1. The van der Waals surface area contributed by atoms with Crippen molar-refractivity contribution in [2.75, 3.05) is 26.9 Å². The van der Waals surface area contributed by atoms with Gasteiger partial charge in [-0.1, -0.05) is 0 Å². The van der Waals surface area contributed by atoms with Gasteiger partial charge in [-0.05, 0) is 26.0 Å². The molecule has 0 bridgehead atoms. The van der Waals surface area contributed by atoms with Gasteiger partial charge in [0.1, 0.15) is 6.54 Å². The van der Waals surface area contributed by atoms with Crippen LogP contribution in [0.4, 0.5) is 0 Å². The monoisotopic (exact) mass is 317 g/mol. The van der Waals surface area contributed by atoms with Crippen molar-refractivity contribution >= 4 is 16.0 Å². The third-order valence-corrected chi connectivity index (χ3v) is 3.86. The van der Waals surface area contributed by atoms with E-state index in [4.69, 9.17) is 9.47 Å². The van der Waals surface area contributed by atoms with E-state index in [0.717, 1.165) is 0 Å². The van der Waals surface area contributed by atoms with Crippen molar-refractivity contribution in [3.8, 4) is 11.5 Å². The molecule has 1 N–H and O–H groups in total. The number of nitrogens with one attached hydrogen (secondary N) is 1. The number of rotatable bonds is 8. The summed E-state index contributed by atoms with van der Waals surface area (Å²) in [5, 5.41) is 0. The van der Waals surface area contributed by atoms with Gasteiger partial charge in [-0.15, -0.1) is 0 Å². The van der Waals surface area contributed by atoms with Crippen LogP contribution >= 0.6 is 0 Å². The Kier molecular flexibility index (Phi) is 6.44. The summed E-state index contributed by atoms with van der Waals surface area (Å²) in [6.07, 6.45) is 0. The summed E-state index contributed by atoms with van der Waals surface area (Å²) >= 11 is 0. The molecule has 0 aliphatic rings. The molecule has 1 rings (SSSR count). The normalized spacial score (nSPS) is 11.0. The lowest BCUT2D eigenvalue weighted by Crippen LogP contribution is -2.30. The smallest absolute Gasteiger partial charge is 0.320 e. The van der Waals surface area contributed by atoms with Gasteiger partial charge in [0.05, 0.1) is 25.2 Å². The molecular weight excluding hydrogens is 298 g/mol. The highest BCUT2D eigenvalue weighted by Gasteiger charge is 2.18. The van der Waals surface area contributed by atoms with E-state index in [1.165, 1.54) is 25.3 Å². The summed E-state index contributed by atoms with van der Waals surface area (Å²) in [6, 6.07) is 4.25. The third-order valence-electron chi connectivity index (χ3n) is 2.46. The van der Waals surface area contributed by atoms with Gasteiger partial charge in [0.15, 0.2) is 11.5 Å². The fraction of sp³-hybridized carbons (Fsp3) is 0.462. The van der Waals surface area contributed by atoms with Crippen molar-refractivity contribution in [1.82, 2.24) is 4.72 Å². The van der Waals surface area contributed by atoms with Crippen LogP contribution in [-0.4, -0.2) is 41.3 Å². The second-order valence-electron chi connectivity index (χ2n) is 3.88. The number of ether oxygens (including phenoxy) is 3. The Bertz CT molecular complexity index is 584. The standard InChI is InChI=1S/C13H19NO6S/c1-4-19-11-7-6-10(8-12(11)20-5-2)21(16,17)14-9-13(15)18-3/h6-8,14H,4-5,9H2,1-3H3. The quantitative estimate of drug-likeness (QED) is 0.717. The predicted molar refractivity (Wildman–Crippen MR) is 76.0 cm³/mol. The molecule has 0 amide bonds. The Morgan fingerprint density at radius 1 is 1.14 bits per heavy atom. The maximum Gasteiger partial charge on any atom is 0.320 e. The molecule has 0 aliphatic heterocycles. The summed E-state index contributed by atoms with van der Waals surface area (Å²) < 4.78 is 41.4. The molecular formula is C13H19NO6S. The van der Waals surface area contributed by atoms with Crippen LogP contribution in [0.3, 0.4) is 0 Å². The second kappa shape index (κ2) is 7.84. The molecule has 7 nitrogen and oxygen atoms in total. The summed E-state index contributed by atoms with van der Waals surface area (Å²) in [6.45, 7) is 3.98. The minimum atomic E-state index is -3.82. The van der Waals surface area contributed by atoms with Gasteiger partial charge in [-0.3, -0.25) is 4.79 Å². The lowest BCUT2D eigenvalue weighted by molar-refractivity contribution is -0.139. The molecule has 0 atom stereocenters. The first-order valence-corrected chi connectivity index (χ1v) is 7.89. The molecule has 1 aromatic carbocycles. The van der Waals surface area contributed by atoms with Crippen LogP contribution in [0.2, 0.25) is 0 Å². The van der Waals surface area contributed by atoms with Gasteiger partial charge in [-0.2, -0.15) is 4.72 Å². The SMILES string of the molecule is CCOc1ccc(S(=O)(=O)NCC(=O)OC)cc1OCC. The Labute approximate surface area is 124 Å². The van der Waals surface area contributed by atoms with Crippen LogP contribution in [0.5, 0.6) is 11.5 Å². The molecule has 0 radical (unpaired) electrons. The molecule has 0 aromatic heterocycles. The zero-order valence-electron chi connectivity index (χ0n) is 12.2. The highest BCUT2D eigenvalue weighted by molar-refractivity contribution is 7.89. The molecule has 1 aromatic rings. The molecule has 0 saturated carbocycles. The summed E-state index contributed by atoms with van der Waals surface area (Å²) in [7, 11) is -2.64. The Hall–Kier alpha value is -1.80. The van der Waals surface area contributed by atoms with E-state index in [1.807, 2.05) is 6.92 Å². The van der Waals surface area contributed by atoms with Gasteiger partial charge in [0, 0.05) is 6.07 Å². The number of esters is 1. The Balaban J connectivity index is 3.01. The van der Waals surface area contributed by atoms with Gasteiger partial charge < -0.3 is 14.2 Å². The highest BCUT2D eigenvalue weighted by atomic mass is 32.2. The summed E-state index contributed by atoms with van der Waals surface area (Å²) in [4.78, 5) is 11.0. The number of hydrogen-bond acceptors (Lipinski definition) is 6. The van der Waals surface area contributed by atoms with Crippen molar-refractivity contribution in [3.05, 3.63) is 18.2 Å². The highest BCUT2D eigenvalue weighted by Crippen LogP contribution is 2.30. The van der Waals surface area contributed by atoms with Gasteiger partial charge >= 0.3 is 5.97 Å². The first-order valence-electron chi connectivity index (χ1n) is 6.40. The Morgan fingerprint density at radius 3 is 2.33 bits per heavy atom. The zero-order chi connectivity index (χ0) is 15.9. The fourth-order valence-electron chi connectivity index (χ4n) is 1.51. The number of methoxy groups -OCH3 is 1. The summed E-state index contributed by atoms with van der Waals surface area (Å²) in [5.74, 6) is 0.126. The number of carbonyl (C=O) groups excluding carboxylic acids is 1. The first-order chi connectivity index (χ1) is 9.94. The largest absolute Gasteiger partial charge is 0.490 e. The molecule has 8 heteroatoms. The van der Waals surface area contributed by atoms with Gasteiger partial charge in [0.2, 0.25) is 10.0 Å². The van der Waals surface area contributed by atoms with E-state index in [9.17, 15) is 13.2 Å². The summed E-state index contributed by atoms with van der Waals surface area (Å²) in [5.41, 5.74) is 0. The van der Waals surface area contributed by atoms with E-state index in [0.29, 0.717) is 24.7 Å². The third kappa shape index (κ3) is 4.91. The molecule has 0 unspecified atom stereocenters. The van der Waals surface area contributed by atoms with Crippen molar-refractivity contribution < 1.29 is 27.4 Å². The van der Waals surface area contributed by atoms with Gasteiger partial charge in [0.25, 0.3) is 0 Å². The van der Waals surface area contributed by atoms with Gasteiger partial charge in [-0.25, -0.2) is 8.42 Å². The zero-order valence-corrected chi connectivity index (χ0v) is 13.0. The van der Waals surface area contributed by atoms with Crippen molar-refractivity contribution in [2.45, 2.75) is 18.7 Å². The molecule has 0 spiro atoms. The van der Waals surface area contributed by atoms with E-state index in [-0.39, 0.29) is 4.90 Å². The van der Waals surface area contributed by atoms with Crippen molar-refractivity contribution in [1.29, 1.82) is 0 Å². The van der Waals surface area contributed by atoms with Crippen LogP contribution < -0.4 is 14.2 Å². The van der Waals surface area contributed by atoms with Crippen molar-refractivity contribution in [3.63, 3.8) is 0 Å². The first kappa shape index (κ1) is 17.3. The molecule has 0 aliphatic carbocycles. The predicted octanol–water partition coefficient (Wildman–Crippen LogP) is 0.935. The minimum absolute atomic E-state index is 0.0155. The average Bonchev–Trinajstić information content (AvgIpc) is 2.47. The lowest BCUT2D eigenvalue weighted by Gasteiger charge is -2.12. The van der Waals surface area contributed by atoms with Crippen LogP contribution in [0.25, 0.3) is 0 Å². The maximum atomic E-state index is 12.1. The number of hydrogen-bond donors (Lipinski definition) is 1. The molecule has 0 fully saturated rings. The number of sulfonamides is 1. The van der Waals surface area contributed by atoms with Crippen LogP contribution in [0, 0.1) is 0 Å². The Morgan fingerprint density at radius 2 is 1.76 bits per heavy atom. The van der Waals surface area contributed by atoms with Crippen LogP contribution in [-0.2, 0) is 19.6 Å². The fourth-order valence-corrected chi connectivity index (χ4v) is 2.49. The van der Waals surface area contributed by atoms with E-state index in [1.54, 1.807) is 6.92 Å². The molecule has 118 valence electrons. The average molecular weight is 317 g/mol. The van der Waals surface area contributed by atoms with E-state index >= 15 is 0 Å². The molecule has 0 saturated heterocycles. The molecule has 0 heterocycles. The van der Waals surface area contributed by atoms with Crippen molar-refractivity contribution in [2.24, 2.45) is 0 Å². The second-order valence-corrected chi connectivity index (χ2v) is 5.64. The minimum Gasteiger partial charge on any atom is -0.490 e. The van der Waals surface area contributed by atoms with E-state index in [2.05, 4.69) is 9.46 Å². The van der Waals surface area contributed by atoms with Crippen LogP contribution in [0.1, 0.15) is 13.8 Å². The topological polar surface area (TPSA) is 90.9 Å². The number of carbonyl (C=O) groups is 1. The molecule has 21 heavy (non-hydrogen) atoms. The van der Waals surface area contributed by atoms with E-state index < -0.39 is 22.5 Å². The lowest BCUT2D eigenvalue weighted by atomic mass is 10.3. The maximum absolute atomic E-state index is 12.1. The van der Waals surface area contributed by atoms with Crippen LogP contribution in [0.15, 0.2) is 23.1 Å².